The number of carboxylic acids is 2. The van der Waals surface area contributed by atoms with Crippen LogP contribution < -0.4 is 16.0 Å². The summed E-state index contributed by atoms with van der Waals surface area (Å²) in [6.45, 7) is 3.37. The highest BCUT2D eigenvalue weighted by Gasteiger charge is 2.20. The number of ether oxygens (including phenoxy) is 2. The number of hydrogen-bond donors (Lipinski definition) is 5. The number of amides is 3. The fourth-order valence-electron chi connectivity index (χ4n) is 4.45. The third-order valence-electron chi connectivity index (χ3n) is 7.05. The molecule has 0 rings (SSSR count). The predicted molar refractivity (Wildman–Crippen MR) is 169 cm³/mol. The summed E-state index contributed by atoms with van der Waals surface area (Å²) in [7, 11) is 0. The van der Waals surface area contributed by atoms with Crippen LogP contribution >= 0.6 is 0 Å². The van der Waals surface area contributed by atoms with Gasteiger partial charge in [0.1, 0.15) is 11.8 Å². The fraction of sp³-hybridized carbons (Fsp3) is 0.812. The molecule has 0 bridgehead atoms. The van der Waals surface area contributed by atoms with Gasteiger partial charge in [0.25, 0.3) is 0 Å². The quantitative estimate of drug-likeness (QED) is 0.0676. The number of aliphatic carboxylic acids is 2. The zero-order chi connectivity index (χ0) is 33.5. The first-order valence-corrected chi connectivity index (χ1v) is 16.5. The number of nitrogens with one attached hydrogen (secondary N) is 3. The van der Waals surface area contributed by atoms with Crippen LogP contribution in [-0.2, 0) is 38.2 Å². The van der Waals surface area contributed by atoms with E-state index in [9.17, 15) is 28.8 Å². The van der Waals surface area contributed by atoms with Crippen LogP contribution in [0.3, 0.4) is 0 Å². The van der Waals surface area contributed by atoms with Crippen LogP contribution in [0, 0.1) is 0 Å². The first-order valence-electron chi connectivity index (χ1n) is 16.5. The van der Waals surface area contributed by atoms with Gasteiger partial charge in [0.2, 0.25) is 17.7 Å². The lowest BCUT2D eigenvalue weighted by molar-refractivity contribution is -0.142. The zero-order valence-electron chi connectivity index (χ0n) is 27.2. The second-order valence-corrected chi connectivity index (χ2v) is 11.3. The number of carboxylic acid groups (broad SMARTS) is 2. The van der Waals surface area contributed by atoms with Gasteiger partial charge in [-0.2, -0.15) is 0 Å². The predicted octanol–water partition coefficient (Wildman–Crippen LogP) is 3.52. The Labute approximate surface area is 267 Å². The lowest BCUT2D eigenvalue weighted by Gasteiger charge is -2.13. The summed E-state index contributed by atoms with van der Waals surface area (Å²) >= 11 is 0. The molecule has 0 spiro atoms. The molecule has 0 saturated heterocycles. The second kappa shape index (κ2) is 29.6. The highest BCUT2D eigenvalue weighted by molar-refractivity contribution is 5.87. The van der Waals surface area contributed by atoms with Gasteiger partial charge >= 0.3 is 11.9 Å². The molecule has 13 nitrogen and oxygen atoms in total. The molecule has 1 unspecified atom stereocenters. The van der Waals surface area contributed by atoms with Crippen molar-refractivity contribution in [1.29, 1.82) is 0 Å². The van der Waals surface area contributed by atoms with Crippen LogP contribution in [0.2, 0.25) is 0 Å². The average molecular weight is 644 g/mol. The number of rotatable bonds is 32. The molecule has 0 radical (unpaired) electrons. The van der Waals surface area contributed by atoms with Gasteiger partial charge in [-0.1, -0.05) is 64.2 Å². The smallest absolute Gasteiger partial charge is 0.326 e. The van der Waals surface area contributed by atoms with Crippen molar-refractivity contribution in [3.8, 4) is 0 Å². The van der Waals surface area contributed by atoms with E-state index in [0.717, 1.165) is 38.5 Å². The molecule has 0 heterocycles. The lowest BCUT2D eigenvalue weighted by Crippen LogP contribution is -2.41. The average Bonchev–Trinajstić information content (AvgIpc) is 2.98. The lowest BCUT2D eigenvalue weighted by atomic mass is 10.0. The Kier molecular flexibility index (Phi) is 27.6. The zero-order valence-corrected chi connectivity index (χ0v) is 27.2. The van der Waals surface area contributed by atoms with Crippen molar-refractivity contribution in [3.05, 3.63) is 0 Å². The minimum Gasteiger partial charge on any atom is -0.481 e. The van der Waals surface area contributed by atoms with E-state index < -0.39 is 23.9 Å². The van der Waals surface area contributed by atoms with E-state index in [1.807, 2.05) is 0 Å². The van der Waals surface area contributed by atoms with Gasteiger partial charge in [0, 0.05) is 45.2 Å². The number of hydrogen-bond acceptors (Lipinski definition) is 8. The number of unbranched alkanes of at least 4 members (excludes halogenated alkanes) is 11. The van der Waals surface area contributed by atoms with E-state index in [4.69, 9.17) is 19.7 Å². The summed E-state index contributed by atoms with van der Waals surface area (Å²) in [5, 5.41) is 25.5. The standard InChI is InChI=1S/C32H57N3O10/c1-26(36)16-17-27(32(42)43)35-30(39)19-18-29(38)34-21-23-45-25-24-44-22-20-33-28(37)14-12-10-8-6-4-2-3-5-7-9-11-13-15-31(40)41/h27H,2-25H2,1H3,(H,33,37)(H,34,38)(H,35,39)(H,40,41)(H,42,43). The fourth-order valence-corrected chi connectivity index (χ4v) is 4.45. The first kappa shape index (κ1) is 41.9. The molecule has 0 saturated carbocycles. The Morgan fingerprint density at radius 1 is 0.533 bits per heavy atom. The van der Waals surface area contributed by atoms with Gasteiger partial charge in [0.15, 0.2) is 0 Å². The maximum Gasteiger partial charge on any atom is 0.326 e. The Morgan fingerprint density at radius 3 is 1.40 bits per heavy atom. The Balaban J connectivity index is 3.47. The molecule has 0 aromatic rings. The van der Waals surface area contributed by atoms with Crippen molar-refractivity contribution in [3.63, 3.8) is 0 Å². The largest absolute Gasteiger partial charge is 0.481 e. The van der Waals surface area contributed by atoms with Gasteiger partial charge < -0.3 is 40.4 Å². The number of Topliss-reactive ketones (excluding diaryl/α,β-unsaturated/α-hetero) is 1. The Bertz CT molecular complexity index is 853. The Morgan fingerprint density at radius 2 is 0.956 bits per heavy atom. The number of carbonyl (C=O) groups is 6. The molecule has 5 N–H and O–H groups in total. The van der Waals surface area contributed by atoms with E-state index >= 15 is 0 Å². The van der Waals surface area contributed by atoms with Crippen LogP contribution in [0.25, 0.3) is 0 Å². The van der Waals surface area contributed by atoms with E-state index in [-0.39, 0.29) is 62.9 Å². The van der Waals surface area contributed by atoms with E-state index in [0.29, 0.717) is 32.8 Å². The van der Waals surface area contributed by atoms with E-state index in [1.54, 1.807) is 0 Å². The Hall–Kier alpha value is -3.06. The molecule has 45 heavy (non-hydrogen) atoms. The summed E-state index contributed by atoms with van der Waals surface area (Å²) in [4.78, 5) is 68.4. The molecule has 13 heteroatoms. The van der Waals surface area contributed by atoms with Gasteiger partial charge in [-0.05, 0) is 26.2 Å². The van der Waals surface area contributed by atoms with Gasteiger partial charge in [-0.3, -0.25) is 19.2 Å². The van der Waals surface area contributed by atoms with E-state index in [1.165, 1.54) is 45.4 Å². The number of ketones is 1. The summed E-state index contributed by atoms with van der Waals surface area (Å²) < 4.78 is 10.8. The highest BCUT2D eigenvalue weighted by atomic mass is 16.5. The summed E-state index contributed by atoms with van der Waals surface area (Å²) in [5.74, 6) is -3.00. The molecule has 0 aromatic carbocycles. The van der Waals surface area contributed by atoms with Crippen LogP contribution in [0.15, 0.2) is 0 Å². The minimum absolute atomic E-state index is 0.00339. The van der Waals surface area contributed by atoms with Gasteiger partial charge in [0.05, 0.1) is 26.4 Å². The molecule has 1 atom stereocenters. The first-order chi connectivity index (χ1) is 21.6. The molecular formula is C32H57N3O10. The minimum atomic E-state index is -1.23. The molecule has 0 aromatic heterocycles. The van der Waals surface area contributed by atoms with Crippen LogP contribution in [0.4, 0.5) is 0 Å². The molecule has 0 fully saturated rings. The van der Waals surface area contributed by atoms with Crippen molar-refractivity contribution < 1.29 is 48.5 Å². The summed E-state index contributed by atoms with van der Waals surface area (Å²) in [5.41, 5.74) is 0. The van der Waals surface area contributed by atoms with Gasteiger partial charge in [-0.25, -0.2) is 4.79 Å². The van der Waals surface area contributed by atoms with Gasteiger partial charge in [-0.15, -0.1) is 0 Å². The van der Waals surface area contributed by atoms with Crippen molar-refractivity contribution in [2.24, 2.45) is 0 Å². The van der Waals surface area contributed by atoms with Crippen molar-refractivity contribution >= 4 is 35.4 Å². The highest BCUT2D eigenvalue weighted by Crippen LogP contribution is 2.13. The third kappa shape index (κ3) is 30.7. The topological polar surface area (TPSA) is 197 Å². The maximum absolute atomic E-state index is 11.9. The van der Waals surface area contributed by atoms with Crippen LogP contribution in [0.5, 0.6) is 0 Å². The van der Waals surface area contributed by atoms with Crippen LogP contribution in [0.1, 0.15) is 122 Å². The SMILES string of the molecule is CC(=O)CCC(NC(=O)CCC(=O)NCCOCCOCCNC(=O)CCCCCCCCCCCCCCC(=O)O)C(=O)O. The summed E-state index contributed by atoms with van der Waals surface area (Å²) in [6, 6.07) is -1.16. The summed E-state index contributed by atoms with van der Waals surface area (Å²) in [6.07, 6.45) is 13.9. The van der Waals surface area contributed by atoms with Crippen LogP contribution in [-0.4, -0.2) is 91.2 Å². The molecule has 0 aliphatic heterocycles. The maximum atomic E-state index is 11.9. The van der Waals surface area contributed by atoms with Crippen molar-refractivity contribution in [1.82, 2.24) is 16.0 Å². The third-order valence-corrected chi connectivity index (χ3v) is 7.05. The molecule has 0 aliphatic carbocycles. The molecule has 0 aliphatic rings. The van der Waals surface area contributed by atoms with Crippen molar-refractivity contribution in [2.45, 2.75) is 129 Å². The second-order valence-electron chi connectivity index (χ2n) is 11.3. The van der Waals surface area contributed by atoms with E-state index in [2.05, 4.69) is 16.0 Å². The number of carbonyl (C=O) groups excluding carboxylic acids is 4. The normalized spacial score (nSPS) is 11.5. The molecule has 260 valence electrons. The molecule has 3 amide bonds. The molecular weight excluding hydrogens is 586 g/mol. The van der Waals surface area contributed by atoms with Crippen molar-refractivity contribution in [2.75, 3.05) is 39.5 Å². The monoisotopic (exact) mass is 643 g/mol.